The third-order valence-electron chi connectivity index (χ3n) is 13.2. The number of rotatable bonds is 45. The van der Waals surface area contributed by atoms with Crippen molar-refractivity contribution in [1.29, 1.82) is 0 Å². The standard InChI is InChI=1S/C53H80N6O22S/c1-29(2)24-37(41(63)15-16-44(66)55-38(28-82-5)30(3)60)58-53(80)39-8-6-22-59(39)45(67)27-81-23-7-9-40(62)34(12-19-48(72)73)56-51(78)33(11-18-47(70)71)26-43(65)36(14-21-50(76)77)57-52(79)32(10-17-46(68)69)25-42(64)35(54-31(4)61)13-20-49(74)75/h29,32-39H,6-28H2,1-5H3,(H,54,61)(H,55,66)(H,56,78)(H,57,79)(H,58,80)(H,68,69)(H,70,71)(H,72,73)(H,74,75)(H,76,77)/t32-,33-,34+,35+,36+,37-,38-,39-/m0/s1. The van der Waals surface area contributed by atoms with Crippen LogP contribution in [0.25, 0.3) is 0 Å². The number of likely N-dealkylation sites (tertiary alicyclic amines) is 1. The number of Topliss-reactive ketones (excluding diaryl/α,β-unsaturated/α-hetero) is 5. The zero-order valence-corrected chi connectivity index (χ0v) is 47.8. The van der Waals surface area contributed by atoms with E-state index in [0.29, 0.717) is 12.2 Å². The van der Waals surface area contributed by atoms with Crippen molar-refractivity contribution >= 4 is 106 Å². The molecule has 1 aliphatic rings. The average molecular weight is 1190 g/mol. The Morgan fingerprint density at radius 3 is 1.43 bits per heavy atom. The molecule has 460 valence electrons. The number of carboxylic acid groups (broad SMARTS) is 5. The van der Waals surface area contributed by atoms with Crippen LogP contribution >= 0.6 is 11.8 Å². The van der Waals surface area contributed by atoms with Crippen LogP contribution in [0.2, 0.25) is 0 Å². The van der Waals surface area contributed by atoms with Gasteiger partial charge in [0.2, 0.25) is 35.4 Å². The number of amides is 6. The van der Waals surface area contributed by atoms with E-state index >= 15 is 0 Å². The van der Waals surface area contributed by atoms with Gasteiger partial charge in [-0.3, -0.25) is 76.7 Å². The molecule has 1 heterocycles. The van der Waals surface area contributed by atoms with Crippen LogP contribution in [0.4, 0.5) is 0 Å². The molecule has 6 amide bonds. The number of thioether (sulfide) groups is 1. The molecular formula is C53H80N6O22S. The Bertz CT molecular complexity index is 2310. The van der Waals surface area contributed by atoms with Gasteiger partial charge in [0.05, 0.1) is 30.2 Å². The number of hydrogen-bond acceptors (Lipinski definition) is 18. The first-order valence-electron chi connectivity index (χ1n) is 27.0. The molecule has 1 aliphatic heterocycles. The molecule has 0 bridgehead atoms. The predicted octanol–water partition coefficient (Wildman–Crippen LogP) is 0.609. The third-order valence-corrected chi connectivity index (χ3v) is 13.8. The summed E-state index contributed by atoms with van der Waals surface area (Å²) in [7, 11) is 0. The molecule has 0 aliphatic carbocycles. The fourth-order valence-corrected chi connectivity index (χ4v) is 9.46. The summed E-state index contributed by atoms with van der Waals surface area (Å²) in [6.07, 6.45) is -5.62. The summed E-state index contributed by atoms with van der Waals surface area (Å²) >= 11 is 1.37. The summed E-state index contributed by atoms with van der Waals surface area (Å²) in [5, 5.41) is 59.2. The average Bonchev–Trinajstić information content (AvgIpc) is 4.00. The molecule has 28 nitrogen and oxygen atoms in total. The van der Waals surface area contributed by atoms with Crippen molar-refractivity contribution in [3.05, 3.63) is 0 Å². The summed E-state index contributed by atoms with van der Waals surface area (Å²) in [6, 6.07) is -7.28. The lowest BCUT2D eigenvalue weighted by atomic mass is 9.89. The maximum atomic E-state index is 13.9. The smallest absolute Gasteiger partial charge is 0.303 e. The minimum atomic E-state index is -1.73. The molecule has 0 saturated carbocycles. The van der Waals surface area contributed by atoms with Gasteiger partial charge in [0.1, 0.15) is 12.6 Å². The highest BCUT2D eigenvalue weighted by Crippen LogP contribution is 2.22. The molecular weight excluding hydrogens is 1100 g/mol. The second-order valence-electron chi connectivity index (χ2n) is 20.5. The summed E-state index contributed by atoms with van der Waals surface area (Å²) < 4.78 is 5.54. The van der Waals surface area contributed by atoms with Gasteiger partial charge >= 0.3 is 29.8 Å². The van der Waals surface area contributed by atoms with Crippen molar-refractivity contribution < 1.29 is 107 Å². The quantitative estimate of drug-likeness (QED) is 0.0373. The summed E-state index contributed by atoms with van der Waals surface area (Å²) in [5.41, 5.74) is 0. The highest BCUT2D eigenvalue weighted by molar-refractivity contribution is 7.98. The van der Waals surface area contributed by atoms with Crippen molar-refractivity contribution in [2.45, 2.75) is 186 Å². The van der Waals surface area contributed by atoms with Crippen molar-refractivity contribution in [2.24, 2.45) is 17.8 Å². The van der Waals surface area contributed by atoms with Crippen LogP contribution in [0.3, 0.4) is 0 Å². The first kappa shape index (κ1) is 72.8. The number of nitrogens with zero attached hydrogens (tertiary/aromatic N) is 1. The molecule has 0 unspecified atom stereocenters. The van der Waals surface area contributed by atoms with Gasteiger partial charge in [-0.15, -0.1) is 0 Å². The molecule has 0 spiro atoms. The molecule has 0 aromatic carbocycles. The number of aliphatic carboxylic acids is 5. The largest absolute Gasteiger partial charge is 0.481 e. The van der Waals surface area contributed by atoms with Gasteiger partial charge in [0.15, 0.2) is 28.9 Å². The Morgan fingerprint density at radius 1 is 0.537 bits per heavy atom. The topological polar surface area (TPSA) is 447 Å². The Hall–Kier alpha value is -7.17. The molecule has 82 heavy (non-hydrogen) atoms. The first-order chi connectivity index (χ1) is 38.4. The second kappa shape index (κ2) is 38.5. The maximum Gasteiger partial charge on any atom is 0.303 e. The molecule has 1 saturated heterocycles. The van der Waals surface area contributed by atoms with Gasteiger partial charge in [0, 0.05) is 102 Å². The SMILES string of the molecule is CSC[C@H](NC(=O)CCC(=O)[C@H](CC(C)C)NC(=O)[C@@H]1CCCN1C(=O)COCCCC(=O)[C@@H](CCC(=O)O)NC(=O)[C@@H](CCC(=O)O)CC(=O)[C@@H](CCC(=O)O)NC(=O)[C@@H](CCC(=O)O)CC(=O)[C@@H](CCC(=O)O)NC(C)=O)C(C)=O. The number of carbonyl (C=O) groups excluding carboxylic acids is 11. The number of ether oxygens (including phenoxy) is 1. The fraction of sp³-hybridized carbons (Fsp3) is 0.698. The van der Waals surface area contributed by atoms with Crippen LogP contribution in [0.5, 0.6) is 0 Å². The van der Waals surface area contributed by atoms with Crippen LogP contribution in [0, 0.1) is 17.8 Å². The third kappa shape index (κ3) is 30.0. The van der Waals surface area contributed by atoms with E-state index in [9.17, 15) is 97.1 Å². The highest BCUT2D eigenvalue weighted by Gasteiger charge is 2.37. The summed E-state index contributed by atoms with van der Waals surface area (Å²) in [5.74, 6) is -17.5. The molecule has 0 radical (unpaired) electrons. The van der Waals surface area contributed by atoms with E-state index in [-0.39, 0.29) is 63.4 Å². The molecule has 0 aromatic heterocycles. The van der Waals surface area contributed by atoms with Crippen LogP contribution in [0.15, 0.2) is 0 Å². The van der Waals surface area contributed by atoms with Crippen LogP contribution < -0.4 is 26.6 Å². The Morgan fingerprint density at radius 2 is 0.988 bits per heavy atom. The van der Waals surface area contributed by atoms with Crippen LogP contribution in [-0.4, -0.2) is 193 Å². The van der Waals surface area contributed by atoms with E-state index in [4.69, 9.17) is 9.84 Å². The van der Waals surface area contributed by atoms with E-state index in [1.54, 1.807) is 6.26 Å². The zero-order valence-electron chi connectivity index (χ0n) is 47.0. The Kier molecular flexibility index (Phi) is 34.2. The highest BCUT2D eigenvalue weighted by atomic mass is 32.2. The Balaban J connectivity index is 3.16. The zero-order chi connectivity index (χ0) is 62.2. The number of ketones is 5. The number of carbonyl (C=O) groups is 16. The minimum Gasteiger partial charge on any atom is -0.481 e. The van der Waals surface area contributed by atoms with E-state index in [0.717, 1.165) is 6.92 Å². The predicted molar refractivity (Wildman–Crippen MR) is 288 cm³/mol. The molecule has 0 aromatic rings. The van der Waals surface area contributed by atoms with Crippen LogP contribution in [0.1, 0.15) is 150 Å². The van der Waals surface area contributed by atoms with Gasteiger partial charge < -0.3 is 61.8 Å². The monoisotopic (exact) mass is 1180 g/mol. The second-order valence-corrected chi connectivity index (χ2v) is 21.4. The van der Waals surface area contributed by atoms with E-state index < -0.39 is 220 Å². The number of nitrogens with one attached hydrogen (secondary N) is 5. The van der Waals surface area contributed by atoms with Gasteiger partial charge in [-0.1, -0.05) is 13.8 Å². The van der Waals surface area contributed by atoms with Crippen molar-refractivity contribution in [3.63, 3.8) is 0 Å². The number of carboxylic acids is 5. The lowest BCUT2D eigenvalue weighted by molar-refractivity contribution is -0.142. The number of hydrogen-bond donors (Lipinski definition) is 10. The Labute approximate surface area is 478 Å². The van der Waals surface area contributed by atoms with Gasteiger partial charge in [0.25, 0.3) is 0 Å². The van der Waals surface area contributed by atoms with Gasteiger partial charge in [-0.05, 0) is 76.9 Å². The van der Waals surface area contributed by atoms with Crippen molar-refractivity contribution in [2.75, 3.05) is 31.8 Å². The normalized spacial score (nSPS) is 15.5. The van der Waals surface area contributed by atoms with Crippen molar-refractivity contribution in [3.8, 4) is 0 Å². The molecule has 10 N–H and O–H groups in total. The molecule has 1 fully saturated rings. The van der Waals surface area contributed by atoms with E-state index in [2.05, 4.69) is 26.6 Å². The van der Waals surface area contributed by atoms with E-state index in [1.165, 1.54) is 23.6 Å². The lowest BCUT2D eigenvalue weighted by Gasteiger charge is -2.27. The van der Waals surface area contributed by atoms with Crippen molar-refractivity contribution in [1.82, 2.24) is 31.5 Å². The minimum absolute atomic E-state index is 0.0403. The van der Waals surface area contributed by atoms with E-state index in [1.807, 2.05) is 13.8 Å². The first-order valence-corrected chi connectivity index (χ1v) is 28.4. The van der Waals surface area contributed by atoms with Gasteiger partial charge in [-0.2, -0.15) is 11.8 Å². The molecule has 8 atom stereocenters. The van der Waals surface area contributed by atoms with Crippen LogP contribution in [-0.2, 0) is 81.4 Å². The summed E-state index contributed by atoms with van der Waals surface area (Å²) in [6.45, 7) is 5.54. The lowest BCUT2D eigenvalue weighted by Crippen LogP contribution is -2.52. The molecule has 1 rings (SSSR count). The summed E-state index contributed by atoms with van der Waals surface area (Å²) in [4.78, 5) is 204. The fourth-order valence-electron chi connectivity index (χ4n) is 8.80. The van der Waals surface area contributed by atoms with Gasteiger partial charge in [-0.25, -0.2) is 0 Å². The maximum absolute atomic E-state index is 13.9. The molecule has 29 heteroatoms.